The molecule has 8 nitrogen and oxygen atoms in total. The minimum Gasteiger partial charge on any atom is -0.459 e. The number of ether oxygens (including phenoxy) is 2. The first-order valence-electron chi connectivity index (χ1n) is 11.3. The summed E-state index contributed by atoms with van der Waals surface area (Å²) in [5.74, 6) is -0.331. The van der Waals surface area contributed by atoms with Crippen LogP contribution in [-0.4, -0.2) is 110 Å². The molecule has 1 heterocycles. The van der Waals surface area contributed by atoms with E-state index in [1.165, 1.54) is 0 Å². The Kier molecular flexibility index (Phi) is 11.3. The quantitative estimate of drug-likeness (QED) is 0.624. The van der Waals surface area contributed by atoms with Gasteiger partial charge in [0.25, 0.3) is 0 Å². The van der Waals surface area contributed by atoms with Gasteiger partial charge >= 0.3 is 11.9 Å². The van der Waals surface area contributed by atoms with E-state index in [2.05, 4.69) is 26.9 Å². The van der Waals surface area contributed by atoms with Crippen molar-refractivity contribution in [3.8, 4) is 0 Å². The highest BCUT2D eigenvalue weighted by Crippen LogP contribution is 2.08. The lowest BCUT2D eigenvalue weighted by atomic mass is 10.2. The average molecular weight is 430 g/mol. The van der Waals surface area contributed by atoms with E-state index in [1.54, 1.807) is 0 Å². The van der Waals surface area contributed by atoms with Crippen molar-refractivity contribution in [2.24, 2.45) is 0 Å². The van der Waals surface area contributed by atoms with Crippen LogP contribution in [0.2, 0.25) is 0 Å². The lowest BCUT2D eigenvalue weighted by Gasteiger charge is -2.30. The van der Waals surface area contributed by atoms with Crippen LogP contribution in [0.1, 0.15) is 48.5 Å². The van der Waals surface area contributed by atoms with Gasteiger partial charge in [-0.3, -0.25) is 19.4 Å². The number of likely N-dealkylation sites (N-methyl/N-ethyl adjacent to an activating group) is 1. The summed E-state index contributed by atoms with van der Waals surface area (Å²) in [5.41, 5.74) is -0.911. The molecule has 0 aromatic rings. The first kappa shape index (κ1) is 26.8. The normalized spacial score (nSPS) is 19.6. The monoisotopic (exact) mass is 429 g/mol. The van der Waals surface area contributed by atoms with E-state index in [4.69, 9.17) is 9.47 Å². The van der Waals surface area contributed by atoms with Crippen LogP contribution in [0.5, 0.6) is 0 Å². The van der Waals surface area contributed by atoms with Crippen LogP contribution in [0.25, 0.3) is 0 Å². The number of nitrogens with zero attached hydrogens (tertiary/aromatic N) is 3. The summed E-state index contributed by atoms with van der Waals surface area (Å²) in [5, 5.41) is 2.25. The van der Waals surface area contributed by atoms with Crippen molar-refractivity contribution in [2.75, 3.05) is 72.0 Å². The number of hydrogen-bond acceptors (Lipinski definition) is 7. The molecule has 8 heteroatoms. The van der Waals surface area contributed by atoms with Crippen molar-refractivity contribution >= 4 is 11.9 Å². The van der Waals surface area contributed by atoms with Crippen molar-refractivity contribution in [3.05, 3.63) is 0 Å². The van der Waals surface area contributed by atoms with E-state index in [1.807, 2.05) is 41.5 Å². The van der Waals surface area contributed by atoms with Crippen molar-refractivity contribution in [1.82, 2.24) is 14.7 Å². The third-order valence-corrected chi connectivity index (χ3v) is 4.76. The molecule has 0 aromatic carbocycles. The molecule has 30 heavy (non-hydrogen) atoms. The van der Waals surface area contributed by atoms with E-state index in [0.29, 0.717) is 13.1 Å². The topological polar surface area (TPSA) is 78.9 Å². The van der Waals surface area contributed by atoms with Crippen LogP contribution >= 0.6 is 0 Å². The smallest absolute Gasteiger partial charge is 0.320 e. The number of nitrogens with two attached hydrogens (primary N) is 1. The molecule has 176 valence electrons. The van der Waals surface area contributed by atoms with Gasteiger partial charge in [0.15, 0.2) is 0 Å². The number of esters is 2. The Morgan fingerprint density at radius 2 is 1.07 bits per heavy atom. The van der Waals surface area contributed by atoms with E-state index in [0.717, 1.165) is 58.9 Å². The second kappa shape index (κ2) is 12.6. The Labute approximate surface area is 183 Å². The van der Waals surface area contributed by atoms with Crippen LogP contribution in [0, 0.1) is 0 Å². The number of carbonyl (C=O) groups excluding carboxylic acids is 2. The first-order chi connectivity index (χ1) is 13.9. The van der Waals surface area contributed by atoms with Gasteiger partial charge in [0.2, 0.25) is 0 Å². The molecule has 0 unspecified atom stereocenters. The second-order valence-electron chi connectivity index (χ2n) is 10.0. The zero-order valence-corrected chi connectivity index (χ0v) is 20.3. The van der Waals surface area contributed by atoms with Gasteiger partial charge in [-0.1, -0.05) is 6.92 Å². The molecular weight excluding hydrogens is 384 g/mol. The first-order valence-corrected chi connectivity index (χ1v) is 11.3. The van der Waals surface area contributed by atoms with Crippen LogP contribution in [-0.2, 0) is 19.1 Å². The van der Waals surface area contributed by atoms with Crippen molar-refractivity contribution in [3.63, 3.8) is 0 Å². The van der Waals surface area contributed by atoms with Crippen LogP contribution in [0.3, 0.4) is 0 Å². The van der Waals surface area contributed by atoms with Gasteiger partial charge < -0.3 is 19.7 Å². The maximum atomic E-state index is 12.3. The number of rotatable bonds is 5. The zero-order valence-electron chi connectivity index (χ0n) is 20.3. The molecule has 0 bridgehead atoms. The van der Waals surface area contributed by atoms with E-state index >= 15 is 0 Å². The zero-order chi connectivity index (χ0) is 22.8. The molecule has 0 saturated carbocycles. The molecule has 1 aliphatic heterocycles. The van der Waals surface area contributed by atoms with E-state index < -0.39 is 11.2 Å². The molecule has 0 aromatic heterocycles. The van der Waals surface area contributed by atoms with E-state index in [-0.39, 0.29) is 11.9 Å². The Morgan fingerprint density at radius 1 is 0.700 bits per heavy atom. The van der Waals surface area contributed by atoms with Crippen LogP contribution in [0.15, 0.2) is 0 Å². The lowest BCUT2D eigenvalue weighted by Crippen LogP contribution is -2.87. The summed E-state index contributed by atoms with van der Waals surface area (Å²) in [7, 11) is 0. The minimum atomic E-state index is -0.456. The Bertz CT molecular complexity index is 484. The molecule has 0 atom stereocenters. The molecule has 1 fully saturated rings. The highest BCUT2D eigenvalue weighted by Gasteiger charge is 2.22. The summed E-state index contributed by atoms with van der Waals surface area (Å²) in [6, 6.07) is 0. The molecule has 1 aliphatic rings. The average Bonchev–Trinajstić information content (AvgIpc) is 2.56. The predicted octanol–water partition coefficient (Wildman–Crippen LogP) is 0.173. The standard InChI is InChI=1S/C22H44N4O4/c1-8-24-13-15-25(17-19(27)29-21(2,3)4)11-9-23-10-12-26(16-14-24)18-20(28)30-22(5,6)7/h23H,8-18H2,1-7H3/p+1. The van der Waals surface area contributed by atoms with E-state index in [9.17, 15) is 9.59 Å². The Morgan fingerprint density at radius 3 is 1.40 bits per heavy atom. The molecule has 1 saturated heterocycles. The summed E-state index contributed by atoms with van der Waals surface area (Å²) in [6.07, 6.45) is 0. The fraction of sp³-hybridized carbons (Fsp3) is 0.909. The third kappa shape index (κ3) is 13.2. The molecule has 0 amide bonds. The number of carbonyl (C=O) groups is 2. The molecule has 0 aliphatic carbocycles. The highest BCUT2D eigenvalue weighted by atomic mass is 16.6. The van der Waals surface area contributed by atoms with Gasteiger partial charge in [0.1, 0.15) is 11.2 Å². The van der Waals surface area contributed by atoms with Gasteiger partial charge in [-0.25, -0.2) is 0 Å². The second-order valence-corrected chi connectivity index (χ2v) is 10.0. The fourth-order valence-corrected chi connectivity index (χ4v) is 3.34. The van der Waals surface area contributed by atoms with Gasteiger partial charge in [-0.2, -0.15) is 0 Å². The maximum Gasteiger partial charge on any atom is 0.320 e. The van der Waals surface area contributed by atoms with Crippen molar-refractivity contribution in [2.45, 2.75) is 59.7 Å². The highest BCUT2D eigenvalue weighted by molar-refractivity contribution is 5.72. The molecule has 2 N–H and O–H groups in total. The van der Waals surface area contributed by atoms with Gasteiger partial charge in [-0.15, -0.1) is 0 Å². The van der Waals surface area contributed by atoms with Crippen molar-refractivity contribution < 1.29 is 24.4 Å². The molecule has 1 rings (SSSR count). The fourth-order valence-electron chi connectivity index (χ4n) is 3.34. The largest absolute Gasteiger partial charge is 0.459 e. The maximum absolute atomic E-state index is 12.3. The van der Waals surface area contributed by atoms with Crippen molar-refractivity contribution in [1.29, 1.82) is 0 Å². The van der Waals surface area contributed by atoms with Gasteiger partial charge in [0.05, 0.1) is 26.2 Å². The van der Waals surface area contributed by atoms with Crippen LogP contribution < -0.4 is 5.32 Å². The summed E-state index contributed by atoms with van der Waals surface area (Å²) >= 11 is 0. The molecular formula is C22H45N4O4+. The number of hydrogen-bond donors (Lipinski definition) is 1. The lowest BCUT2D eigenvalue weighted by molar-refractivity contribution is -0.654. The predicted molar refractivity (Wildman–Crippen MR) is 118 cm³/mol. The summed E-state index contributed by atoms with van der Waals surface area (Å²) in [4.78, 5) is 31.3. The molecule has 0 radical (unpaired) electrons. The number of quaternary nitrogens is 1. The van der Waals surface area contributed by atoms with Gasteiger partial charge in [-0.05, 0) is 48.1 Å². The third-order valence-electron chi connectivity index (χ3n) is 4.76. The summed E-state index contributed by atoms with van der Waals surface area (Å²) < 4.78 is 11.0. The SMILES string of the molecule is CCN1CCN(CC(=O)OC(C)(C)C)CC[NH2+]CCN(CC(=O)OC(C)(C)C)CC1. The summed E-state index contributed by atoms with van der Waals surface area (Å²) in [6.45, 7) is 22.1. The molecule has 0 spiro atoms. The minimum absolute atomic E-state index is 0.166. The van der Waals surface area contributed by atoms with Gasteiger partial charge in [0, 0.05) is 39.3 Å². The van der Waals surface area contributed by atoms with Crippen LogP contribution in [0.4, 0.5) is 0 Å². The Hall–Kier alpha value is -1.22. The Balaban J connectivity index is 2.62.